The molecule has 0 unspecified atom stereocenters. The van der Waals surface area contributed by atoms with Gasteiger partial charge < -0.3 is 0 Å². The Hall–Kier alpha value is -1.02. The van der Waals surface area contributed by atoms with E-state index in [1.807, 2.05) is 11.8 Å². The van der Waals surface area contributed by atoms with Crippen LogP contribution in [0.15, 0.2) is 23.2 Å². The summed E-state index contributed by atoms with van der Waals surface area (Å²) in [6.07, 6.45) is 3.78. The van der Waals surface area contributed by atoms with Gasteiger partial charge >= 0.3 is 0 Å². The normalized spacial score (nSPS) is 14.4. The average Bonchev–Trinajstić information content (AvgIpc) is 2.73. The van der Waals surface area contributed by atoms with E-state index in [0.717, 1.165) is 0 Å². The Morgan fingerprint density at radius 3 is 2.56 bits per heavy atom. The van der Waals surface area contributed by atoms with Crippen LogP contribution in [0, 0.1) is 6.92 Å². The molecule has 0 atom stereocenters. The second kappa shape index (κ2) is 4.58. The van der Waals surface area contributed by atoms with Crippen molar-refractivity contribution in [1.82, 2.24) is 4.98 Å². The number of nitrogens with zero attached hydrogens (tertiary/aromatic N) is 1. The highest BCUT2D eigenvalue weighted by Gasteiger charge is 2.13. The molecule has 94 valence electrons. The van der Waals surface area contributed by atoms with Crippen molar-refractivity contribution in [2.75, 3.05) is 0 Å². The number of benzene rings is 1. The number of pyridine rings is 1. The number of aromatic nitrogens is 1. The van der Waals surface area contributed by atoms with E-state index in [1.54, 1.807) is 0 Å². The first kappa shape index (κ1) is 12.0. The van der Waals surface area contributed by atoms with Crippen molar-refractivity contribution in [3.05, 3.63) is 34.9 Å². The minimum Gasteiger partial charge on any atom is -0.241 e. The van der Waals surface area contributed by atoms with Gasteiger partial charge in [-0.05, 0) is 61.1 Å². The number of hydrogen-bond acceptors (Lipinski definition) is 2. The monoisotopic (exact) mass is 257 g/mol. The van der Waals surface area contributed by atoms with Crippen LogP contribution in [0.1, 0.15) is 37.0 Å². The van der Waals surface area contributed by atoms with Gasteiger partial charge in [0.15, 0.2) is 0 Å². The topological polar surface area (TPSA) is 12.9 Å². The highest BCUT2D eigenvalue weighted by Crippen LogP contribution is 2.31. The van der Waals surface area contributed by atoms with Gasteiger partial charge in [0.05, 0.1) is 10.5 Å². The van der Waals surface area contributed by atoms with Gasteiger partial charge in [0.25, 0.3) is 0 Å². The van der Waals surface area contributed by atoms with Crippen molar-refractivity contribution in [2.45, 2.75) is 50.3 Å². The van der Waals surface area contributed by atoms with Gasteiger partial charge in [-0.2, -0.15) is 0 Å². The summed E-state index contributed by atoms with van der Waals surface area (Å²) in [4.78, 5) is 4.86. The third kappa shape index (κ3) is 2.14. The van der Waals surface area contributed by atoms with E-state index in [0.29, 0.717) is 5.25 Å². The lowest BCUT2D eigenvalue weighted by atomic mass is 10.1. The summed E-state index contributed by atoms with van der Waals surface area (Å²) in [5.74, 6) is 0. The molecule has 1 heterocycles. The smallest absolute Gasteiger partial charge is 0.0999 e. The highest BCUT2D eigenvalue weighted by atomic mass is 32.2. The Kier molecular flexibility index (Phi) is 3.06. The first-order valence-electron chi connectivity index (χ1n) is 6.73. The summed E-state index contributed by atoms with van der Waals surface area (Å²) in [6.45, 7) is 6.61. The van der Waals surface area contributed by atoms with Crippen LogP contribution in [-0.2, 0) is 12.8 Å². The molecule has 2 aromatic rings. The third-order valence-corrected chi connectivity index (χ3v) is 4.63. The SMILES string of the molecule is Cc1cc2cc3c(cc2nc1SC(C)C)CCC3. The number of aryl methyl sites for hydroxylation is 3. The molecule has 0 spiro atoms. The van der Waals surface area contributed by atoms with Gasteiger partial charge in [-0.15, -0.1) is 11.8 Å². The number of thioether (sulfide) groups is 1. The summed E-state index contributed by atoms with van der Waals surface area (Å²) >= 11 is 1.86. The molecule has 3 rings (SSSR count). The van der Waals surface area contributed by atoms with Crippen LogP contribution in [0.5, 0.6) is 0 Å². The Balaban J connectivity index is 2.13. The molecule has 0 saturated heterocycles. The van der Waals surface area contributed by atoms with Crippen LogP contribution in [0.25, 0.3) is 10.9 Å². The minimum atomic E-state index is 0.586. The van der Waals surface area contributed by atoms with Gasteiger partial charge in [-0.3, -0.25) is 0 Å². The molecule has 1 aliphatic carbocycles. The number of rotatable bonds is 2. The second-order valence-corrected chi connectivity index (χ2v) is 7.01. The van der Waals surface area contributed by atoms with E-state index in [4.69, 9.17) is 4.98 Å². The summed E-state index contributed by atoms with van der Waals surface area (Å²) in [6, 6.07) is 6.95. The third-order valence-electron chi connectivity index (χ3n) is 3.52. The predicted molar refractivity (Wildman–Crippen MR) is 79.5 cm³/mol. The fourth-order valence-electron chi connectivity index (χ4n) is 2.68. The fourth-order valence-corrected chi connectivity index (χ4v) is 3.52. The van der Waals surface area contributed by atoms with Crippen LogP contribution in [0.2, 0.25) is 0 Å². The molecule has 18 heavy (non-hydrogen) atoms. The van der Waals surface area contributed by atoms with Crippen molar-refractivity contribution < 1.29 is 0 Å². The molecule has 0 N–H and O–H groups in total. The quantitative estimate of drug-likeness (QED) is 0.733. The van der Waals surface area contributed by atoms with Crippen LogP contribution in [0.4, 0.5) is 0 Å². The van der Waals surface area contributed by atoms with Crippen LogP contribution in [-0.4, -0.2) is 10.2 Å². The maximum Gasteiger partial charge on any atom is 0.0999 e. The Morgan fingerprint density at radius 1 is 1.11 bits per heavy atom. The Bertz CT molecular complexity index is 602. The fraction of sp³-hybridized carbons (Fsp3) is 0.438. The molecule has 1 aliphatic rings. The van der Waals surface area contributed by atoms with Crippen molar-refractivity contribution in [3.63, 3.8) is 0 Å². The van der Waals surface area contributed by atoms with Crippen molar-refractivity contribution in [1.29, 1.82) is 0 Å². The van der Waals surface area contributed by atoms with Gasteiger partial charge in [0, 0.05) is 10.6 Å². The first-order chi connectivity index (χ1) is 8.63. The van der Waals surface area contributed by atoms with E-state index in [-0.39, 0.29) is 0 Å². The van der Waals surface area contributed by atoms with E-state index >= 15 is 0 Å². The molecule has 0 aliphatic heterocycles. The maximum absolute atomic E-state index is 4.86. The minimum absolute atomic E-state index is 0.586. The van der Waals surface area contributed by atoms with Crippen molar-refractivity contribution >= 4 is 22.7 Å². The van der Waals surface area contributed by atoms with E-state index in [9.17, 15) is 0 Å². The van der Waals surface area contributed by atoms with Gasteiger partial charge in [0.1, 0.15) is 0 Å². The highest BCUT2D eigenvalue weighted by molar-refractivity contribution is 7.99. The summed E-state index contributed by atoms with van der Waals surface area (Å²) < 4.78 is 0. The maximum atomic E-state index is 4.86. The van der Waals surface area contributed by atoms with E-state index in [2.05, 4.69) is 39.0 Å². The van der Waals surface area contributed by atoms with Crippen LogP contribution in [0.3, 0.4) is 0 Å². The summed E-state index contributed by atoms with van der Waals surface area (Å²) in [7, 11) is 0. The van der Waals surface area contributed by atoms with Crippen molar-refractivity contribution in [2.24, 2.45) is 0 Å². The Labute approximate surface area is 113 Å². The molecule has 0 saturated carbocycles. The molecular weight excluding hydrogens is 238 g/mol. The van der Waals surface area contributed by atoms with Gasteiger partial charge in [0.2, 0.25) is 0 Å². The number of hydrogen-bond donors (Lipinski definition) is 0. The standard InChI is InChI=1S/C16H19NS/c1-10(2)18-16-11(3)7-14-8-12-5-4-6-13(12)9-15(14)17-16/h7-10H,4-6H2,1-3H3. The lowest BCUT2D eigenvalue weighted by molar-refractivity contribution is 0.912. The van der Waals surface area contributed by atoms with Crippen molar-refractivity contribution in [3.8, 4) is 0 Å². The van der Waals surface area contributed by atoms with Crippen LogP contribution < -0.4 is 0 Å². The molecule has 1 nitrogen and oxygen atoms in total. The Morgan fingerprint density at radius 2 is 1.83 bits per heavy atom. The number of fused-ring (bicyclic) bond motifs is 2. The van der Waals surface area contributed by atoms with E-state index < -0.39 is 0 Å². The zero-order valence-corrected chi connectivity index (χ0v) is 12.1. The summed E-state index contributed by atoms with van der Waals surface area (Å²) in [5.41, 5.74) is 5.52. The lowest BCUT2D eigenvalue weighted by Gasteiger charge is -2.10. The van der Waals surface area contributed by atoms with Gasteiger partial charge in [-0.1, -0.05) is 13.8 Å². The molecule has 2 heteroatoms. The van der Waals surface area contributed by atoms with E-state index in [1.165, 1.54) is 51.9 Å². The molecule has 1 aromatic carbocycles. The molecule has 1 aromatic heterocycles. The van der Waals surface area contributed by atoms with Gasteiger partial charge in [-0.25, -0.2) is 4.98 Å². The largest absolute Gasteiger partial charge is 0.241 e. The molecular formula is C16H19NS. The second-order valence-electron chi connectivity index (χ2n) is 5.44. The predicted octanol–water partition coefficient (Wildman–Crippen LogP) is 4.53. The van der Waals surface area contributed by atoms with Crippen LogP contribution >= 0.6 is 11.8 Å². The zero-order chi connectivity index (χ0) is 12.7. The molecule has 0 fully saturated rings. The molecule has 0 bridgehead atoms. The first-order valence-corrected chi connectivity index (χ1v) is 7.61. The molecule has 0 radical (unpaired) electrons. The lowest BCUT2D eigenvalue weighted by Crippen LogP contribution is -1.94. The summed E-state index contributed by atoms with van der Waals surface area (Å²) in [5, 5.41) is 3.08. The average molecular weight is 257 g/mol. The zero-order valence-electron chi connectivity index (χ0n) is 11.3. The molecule has 0 amide bonds.